The first-order chi connectivity index (χ1) is 5.91. The largest absolute Gasteiger partial charge is 0.320 e. The first-order valence-corrected chi connectivity index (χ1v) is 5.17. The van der Waals surface area contributed by atoms with Crippen LogP contribution in [0.3, 0.4) is 0 Å². The van der Waals surface area contributed by atoms with E-state index in [0.29, 0.717) is 0 Å². The van der Waals surface area contributed by atoms with Crippen molar-refractivity contribution in [2.75, 3.05) is 13.6 Å². The fraction of sp³-hybridized carbons (Fsp3) is 0.818. The van der Waals surface area contributed by atoms with Gasteiger partial charge in [-0.05, 0) is 32.9 Å². The second-order valence-corrected chi connectivity index (χ2v) is 3.30. The van der Waals surface area contributed by atoms with Gasteiger partial charge in [-0.3, -0.25) is 0 Å². The maximum Gasteiger partial charge on any atom is -0.00519 e. The molecule has 0 spiro atoms. The van der Waals surface area contributed by atoms with E-state index in [9.17, 15) is 0 Å². The van der Waals surface area contributed by atoms with Gasteiger partial charge >= 0.3 is 0 Å². The molecule has 0 aromatic rings. The summed E-state index contributed by atoms with van der Waals surface area (Å²) in [4.78, 5) is 0. The molecule has 0 amide bonds. The Morgan fingerprint density at radius 3 is 2.17 bits per heavy atom. The molecule has 0 atom stereocenters. The Morgan fingerprint density at radius 2 is 1.58 bits per heavy atom. The van der Waals surface area contributed by atoms with Gasteiger partial charge in [0.25, 0.3) is 0 Å². The predicted octanol–water partition coefficient (Wildman–Crippen LogP) is 3.12. The minimum Gasteiger partial charge on any atom is -0.320 e. The third-order valence-corrected chi connectivity index (χ3v) is 2.09. The molecule has 0 saturated carbocycles. The topological polar surface area (TPSA) is 12.0 Å². The molecular formula is C11H23N. The van der Waals surface area contributed by atoms with Gasteiger partial charge in [0.05, 0.1) is 0 Å². The summed E-state index contributed by atoms with van der Waals surface area (Å²) in [6.07, 6.45) is 11.4. The van der Waals surface area contributed by atoms with E-state index >= 15 is 0 Å². The lowest BCUT2D eigenvalue weighted by Crippen LogP contribution is -2.06. The first kappa shape index (κ1) is 11.7. The highest BCUT2D eigenvalue weighted by Gasteiger charge is 1.89. The Hall–Kier alpha value is -0.300. The lowest BCUT2D eigenvalue weighted by atomic mass is 10.1. The molecule has 1 nitrogen and oxygen atoms in total. The lowest BCUT2D eigenvalue weighted by molar-refractivity contribution is 0.584. The van der Waals surface area contributed by atoms with E-state index in [-0.39, 0.29) is 0 Å². The van der Waals surface area contributed by atoms with Gasteiger partial charge in [0.1, 0.15) is 0 Å². The van der Waals surface area contributed by atoms with Crippen molar-refractivity contribution in [2.24, 2.45) is 0 Å². The number of allylic oxidation sites excluding steroid dienone is 1. The molecule has 0 aliphatic heterocycles. The van der Waals surface area contributed by atoms with Gasteiger partial charge in [-0.1, -0.05) is 31.8 Å². The van der Waals surface area contributed by atoms with Crippen molar-refractivity contribution in [2.45, 2.75) is 44.9 Å². The third-order valence-electron chi connectivity index (χ3n) is 2.09. The molecule has 0 saturated heterocycles. The Kier molecular flexibility index (Phi) is 10.4. The highest BCUT2D eigenvalue weighted by Crippen LogP contribution is 2.06. The van der Waals surface area contributed by atoms with Crippen molar-refractivity contribution >= 4 is 0 Å². The van der Waals surface area contributed by atoms with E-state index in [2.05, 4.69) is 11.9 Å². The summed E-state index contributed by atoms with van der Waals surface area (Å²) < 4.78 is 0. The standard InChI is InChI=1S/C11H23N/c1-3-4-5-6-7-8-9-10-11-12-2/h3,12H,1,4-11H2,2H3. The van der Waals surface area contributed by atoms with Crippen LogP contribution in [0, 0.1) is 0 Å². The SMILES string of the molecule is C=CCCCCCCCCNC. The van der Waals surface area contributed by atoms with Crippen LogP contribution >= 0.6 is 0 Å². The Bertz CT molecular complexity index is 89.0. The summed E-state index contributed by atoms with van der Waals surface area (Å²) in [5.41, 5.74) is 0. The number of nitrogens with one attached hydrogen (secondary N) is 1. The number of hydrogen-bond donors (Lipinski definition) is 1. The monoisotopic (exact) mass is 169 g/mol. The van der Waals surface area contributed by atoms with Gasteiger partial charge in [0, 0.05) is 0 Å². The molecule has 0 fully saturated rings. The van der Waals surface area contributed by atoms with Gasteiger partial charge in [0.15, 0.2) is 0 Å². The van der Waals surface area contributed by atoms with E-state index in [0.717, 1.165) is 0 Å². The zero-order valence-corrected chi connectivity index (χ0v) is 8.44. The molecule has 0 unspecified atom stereocenters. The molecule has 0 aliphatic rings. The van der Waals surface area contributed by atoms with Crippen LogP contribution in [0.1, 0.15) is 44.9 Å². The Morgan fingerprint density at radius 1 is 1.00 bits per heavy atom. The van der Waals surface area contributed by atoms with Crippen molar-refractivity contribution in [3.63, 3.8) is 0 Å². The van der Waals surface area contributed by atoms with Crippen LogP contribution in [-0.4, -0.2) is 13.6 Å². The molecule has 0 aliphatic carbocycles. The first-order valence-electron chi connectivity index (χ1n) is 5.17. The number of hydrogen-bond acceptors (Lipinski definition) is 1. The second kappa shape index (κ2) is 10.7. The van der Waals surface area contributed by atoms with Crippen molar-refractivity contribution in [3.05, 3.63) is 12.7 Å². The summed E-state index contributed by atoms with van der Waals surface area (Å²) in [5, 5.41) is 3.17. The number of rotatable bonds is 9. The van der Waals surface area contributed by atoms with Crippen molar-refractivity contribution in [1.82, 2.24) is 5.32 Å². The maximum absolute atomic E-state index is 3.71. The molecule has 1 heteroatoms. The average Bonchev–Trinajstić information content (AvgIpc) is 2.10. The predicted molar refractivity (Wildman–Crippen MR) is 56.4 cm³/mol. The molecule has 0 bridgehead atoms. The highest BCUT2D eigenvalue weighted by atomic mass is 14.8. The van der Waals surface area contributed by atoms with Gasteiger partial charge in [0.2, 0.25) is 0 Å². The van der Waals surface area contributed by atoms with E-state index in [1.54, 1.807) is 0 Å². The summed E-state index contributed by atoms with van der Waals surface area (Å²) in [5.74, 6) is 0. The summed E-state index contributed by atoms with van der Waals surface area (Å²) in [6.45, 7) is 4.88. The Labute approximate surface area is 77.2 Å². The summed E-state index contributed by atoms with van der Waals surface area (Å²) in [7, 11) is 2.02. The van der Waals surface area contributed by atoms with Gasteiger partial charge in [-0.2, -0.15) is 0 Å². The van der Waals surface area contributed by atoms with Gasteiger partial charge in [-0.15, -0.1) is 6.58 Å². The zero-order chi connectivity index (χ0) is 9.07. The Balaban J connectivity index is 2.77. The fourth-order valence-corrected chi connectivity index (χ4v) is 1.30. The molecule has 0 rings (SSSR count). The third kappa shape index (κ3) is 9.70. The van der Waals surface area contributed by atoms with Crippen LogP contribution in [-0.2, 0) is 0 Å². The minimum absolute atomic E-state index is 1.17. The molecule has 0 aromatic heterocycles. The second-order valence-electron chi connectivity index (χ2n) is 3.30. The number of unbranched alkanes of at least 4 members (excludes halogenated alkanes) is 6. The van der Waals surface area contributed by atoms with Crippen LogP contribution in [0.25, 0.3) is 0 Å². The van der Waals surface area contributed by atoms with Crippen molar-refractivity contribution < 1.29 is 0 Å². The highest BCUT2D eigenvalue weighted by molar-refractivity contribution is 4.65. The molecule has 0 radical (unpaired) electrons. The smallest absolute Gasteiger partial charge is 0.00519 e. The quantitative estimate of drug-likeness (QED) is 0.413. The van der Waals surface area contributed by atoms with Gasteiger partial charge in [-0.25, -0.2) is 0 Å². The minimum atomic E-state index is 1.17. The van der Waals surface area contributed by atoms with E-state index < -0.39 is 0 Å². The van der Waals surface area contributed by atoms with Crippen molar-refractivity contribution in [3.8, 4) is 0 Å². The molecule has 12 heavy (non-hydrogen) atoms. The lowest BCUT2D eigenvalue weighted by Gasteiger charge is -2.00. The van der Waals surface area contributed by atoms with E-state index in [4.69, 9.17) is 0 Å². The van der Waals surface area contributed by atoms with Crippen LogP contribution in [0.4, 0.5) is 0 Å². The molecule has 0 heterocycles. The fourth-order valence-electron chi connectivity index (χ4n) is 1.30. The van der Waals surface area contributed by atoms with Crippen LogP contribution < -0.4 is 5.32 Å². The van der Waals surface area contributed by atoms with E-state index in [1.165, 1.54) is 51.5 Å². The van der Waals surface area contributed by atoms with Crippen LogP contribution in [0.5, 0.6) is 0 Å². The molecular weight excluding hydrogens is 146 g/mol. The molecule has 1 N–H and O–H groups in total. The normalized spacial score (nSPS) is 10.1. The van der Waals surface area contributed by atoms with Crippen LogP contribution in [0.15, 0.2) is 12.7 Å². The molecule has 72 valence electrons. The molecule has 0 aromatic carbocycles. The van der Waals surface area contributed by atoms with E-state index in [1.807, 2.05) is 13.1 Å². The van der Waals surface area contributed by atoms with Gasteiger partial charge < -0.3 is 5.32 Å². The summed E-state index contributed by atoms with van der Waals surface area (Å²) >= 11 is 0. The average molecular weight is 169 g/mol. The van der Waals surface area contributed by atoms with Crippen LogP contribution in [0.2, 0.25) is 0 Å². The zero-order valence-electron chi connectivity index (χ0n) is 8.44. The maximum atomic E-state index is 3.71. The summed E-state index contributed by atoms with van der Waals surface area (Å²) in [6, 6.07) is 0. The van der Waals surface area contributed by atoms with Crippen molar-refractivity contribution in [1.29, 1.82) is 0 Å².